The summed E-state index contributed by atoms with van der Waals surface area (Å²) in [6, 6.07) is 0. The van der Waals surface area contributed by atoms with Crippen molar-refractivity contribution in [1.82, 2.24) is 4.72 Å². The Labute approximate surface area is 95.1 Å². The van der Waals surface area contributed by atoms with Crippen LogP contribution in [0.3, 0.4) is 0 Å². The predicted molar refractivity (Wildman–Crippen MR) is 58.6 cm³/mol. The van der Waals surface area contributed by atoms with Gasteiger partial charge in [0.05, 0.1) is 4.75 Å². The van der Waals surface area contributed by atoms with Crippen molar-refractivity contribution in [3.05, 3.63) is 12.7 Å². The smallest absolute Gasteiger partial charge is 0.295 e. The lowest BCUT2D eigenvalue weighted by Crippen LogP contribution is -2.72. The van der Waals surface area contributed by atoms with Crippen LogP contribution in [0.15, 0.2) is 12.7 Å². The summed E-state index contributed by atoms with van der Waals surface area (Å²) in [5, 5.41) is 0. The van der Waals surface area contributed by atoms with Crippen LogP contribution in [-0.4, -0.2) is 24.6 Å². The second-order valence-electron chi connectivity index (χ2n) is 5.09. The number of carbonyl (C=O) groups is 1. The van der Waals surface area contributed by atoms with E-state index in [1.165, 1.54) is 0 Å². The summed E-state index contributed by atoms with van der Waals surface area (Å²) in [5.74, 6) is -0.500. The van der Waals surface area contributed by atoms with Crippen LogP contribution in [0.2, 0.25) is 0 Å². The number of nitrogens with one attached hydrogen (secondary N) is 1. The van der Waals surface area contributed by atoms with Gasteiger partial charge in [0.2, 0.25) is 10.0 Å². The molecule has 0 aromatic rings. The van der Waals surface area contributed by atoms with E-state index < -0.39 is 26.2 Å². The minimum atomic E-state index is -3.53. The van der Waals surface area contributed by atoms with Crippen LogP contribution in [0.25, 0.3) is 0 Å². The molecule has 90 valence electrons. The number of hydrogen-bond donors (Lipinski definition) is 2. The molecule has 6 heteroatoms. The van der Waals surface area contributed by atoms with E-state index >= 15 is 0 Å². The first-order valence-corrected chi connectivity index (χ1v) is 6.78. The molecule has 0 bridgehead atoms. The summed E-state index contributed by atoms with van der Waals surface area (Å²) in [6.07, 6.45) is 3.46. The monoisotopic (exact) mass is 245 g/mol. The van der Waals surface area contributed by atoms with Crippen molar-refractivity contribution in [3.8, 4) is 0 Å². The predicted octanol–water partition coefficient (Wildman–Crippen LogP) is -0.828. The molecule has 4 N–H and O–H groups in total. The molecule has 0 spiro atoms. The molecule has 0 aliphatic heterocycles. The van der Waals surface area contributed by atoms with Crippen LogP contribution in [-0.2, 0) is 14.8 Å². The third kappa shape index (κ3) is 1.56. The van der Waals surface area contributed by atoms with E-state index in [-0.39, 0.29) is 5.92 Å². The molecular formula is C10H17N2O3S+. The number of hydrogen-bond acceptors (Lipinski definition) is 3. The van der Waals surface area contributed by atoms with Crippen LogP contribution >= 0.6 is 0 Å². The topological polar surface area (TPSA) is 90.9 Å². The first kappa shape index (κ1) is 11.6. The van der Waals surface area contributed by atoms with Crippen molar-refractivity contribution in [3.63, 3.8) is 0 Å². The number of quaternary nitrogens is 1. The molecule has 0 aromatic carbocycles. The van der Waals surface area contributed by atoms with Gasteiger partial charge >= 0.3 is 0 Å². The Kier molecular flexibility index (Phi) is 2.23. The molecule has 2 atom stereocenters. The van der Waals surface area contributed by atoms with Gasteiger partial charge in [-0.05, 0) is 19.8 Å². The molecular weight excluding hydrogens is 228 g/mol. The molecule has 0 radical (unpaired) electrons. The van der Waals surface area contributed by atoms with Gasteiger partial charge in [0, 0.05) is 12.3 Å². The highest BCUT2D eigenvalue weighted by molar-refractivity contribution is 7.91. The molecule has 16 heavy (non-hydrogen) atoms. The Morgan fingerprint density at radius 1 is 1.56 bits per heavy atom. The van der Waals surface area contributed by atoms with Gasteiger partial charge in [-0.25, -0.2) is 13.1 Å². The number of rotatable bonds is 4. The van der Waals surface area contributed by atoms with E-state index in [9.17, 15) is 13.2 Å². The van der Waals surface area contributed by atoms with E-state index in [0.29, 0.717) is 19.3 Å². The maximum absolute atomic E-state index is 11.8. The highest BCUT2D eigenvalue weighted by atomic mass is 32.2. The fourth-order valence-electron chi connectivity index (χ4n) is 1.70. The van der Waals surface area contributed by atoms with Gasteiger partial charge in [0.1, 0.15) is 0 Å². The molecule has 2 aliphatic carbocycles. The summed E-state index contributed by atoms with van der Waals surface area (Å²) in [5.41, 5.74) is 2.95. The van der Waals surface area contributed by atoms with Crippen molar-refractivity contribution < 1.29 is 18.9 Å². The zero-order valence-corrected chi connectivity index (χ0v) is 10.1. The van der Waals surface area contributed by atoms with E-state index in [0.717, 1.165) is 0 Å². The second kappa shape index (κ2) is 3.07. The first-order valence-electron chi connectivity index (χ1n) is 5.30. The fraction of sp³-hybridized carbons (Fsp3) is 0.700. The van der Waals surface area contributed by atoms with Crippen LogP contribution in [0.5, 0.6) is 0 Å². The van der Waals surface area contributed by atoms with E-state index in [4.69, 9.17) is 0 Å². The average molecular weight is 245 g/mol. The molecule has 2 aliphatic rings. The van der Waals surface area contributed by atoms with E-state index in [1.807, 2.05) is 0 Å². The summed E-state index contributed by atoms with van der Waals surface area (Å²) in [4.78, 5) is 11.8. The van der Waals surface area contributed by atoms with Gasteiger partial charge in [-0.2, -0.15) is 0 Å². The van der Waals surface area contributed by atoms with E-state index in [2.05, 4.69) is 17.0 Å². The number of carbonyl (C=O) groups excluding carboxylic acids is 1. The van der Waals surface area contributed by atoms with Crippen molar-refractivity contribution in [2.75, 3.05) is 0 Å². The maximum Gasteiger partial charge on any atom is 0.295 e. The molecule has 0 saturated heterocycles. The highest BCUT2D eigenvalue weighted by Gasteiger charge is 2.62. The standard InChI is InChI=1S/C10H16N2O3S/c1-3-7-6-10(7,11)8(13)12-16(14,15)9(2)4-5-9/h3,7H,1,4-6,11H2,2H3,(H,12,13)/p+1/t7?,10-/m1/s1. The molecule has 0 heterocycles. The summed E-state index contributed by atoms with van der Waals surface area (Å²) in [7, 11) is -3.53. The van der Waals surface area contributed by atoms with Gasteiger partial charge < -0.3 is 5.73 Å². The maximum atomic E-state index is 11.8. The molecule has 2 saturated carbocycles. The highest BCUT2D eigenvalue weighted by Crippen LogP contribution is 2.44. The lowest BCUT2D eigenvalue weighted by Gasteiger charge is -2.13. The van der Waals surface area contributed by atoms with Gasteiger partial charge in [0.15, 0.2) is 5.54 Å². The molecule has 5 nitrogen and oxygen atoms in total. The molecule has 1 unspecified atom stereocenters. The zero-order chi connectivity index (χ0) is 12.2. The quantitative estimate of drug-likeness (QED) is 0.633. The Hall–Kier alpha value is -0.880. The van der Waals surface area contributed by atoms with Crippen molar-refractivity contribution in [2.45, 2.75) is 36.5 Å². The Morgan fingerprint density at radius 2 is 2.12 bits per heavy atom. The van der Waals surface area contributed by atoms with Crippen LogP contribution in [0.1, 0.15) is 26.2 Å². The third-order valence-corrected chi connectivity index (χ3v) is 5.86. The molecule has 2 fully saturated rings. The minimum Gasteiger partial charge on any atom is -0.344 e. The Bertz CT molecular complexity index is 453. The lowest BCUT2D eigenvalue weighted by atomic mass is 10.2. The summed E-state index contributed by atoms with van der Waals surface area (Å²) < 4.78 is 25.0. The molecule has 2 rings (SSSR count). The normalized spacial score (nSPS) is 35.2. The van der Waals surface area contributed by atoms with Crippen LogP contribution in [0.4, 0.5) is 0 Å². The van der Waals surface area contributed by atoms with Gasteiger partial charge in [-0.15, -0.1) is 6.58 Å². The number of amides is 1. The zero-order valence-electron chi connectivity index (χ0n) is 9.32. The fourth-order valence-corrected chi connectivity index (χ4v) is 3.03. The van der Waals surface area contributed by atoms with Crippen molar-refractivity contribution in [1.29, 1.82) is 0 Å². The second-order valence-corrected chi connectivity index (χ2v) is 7.28. The van der Waals surface area contributed by atoms with Gasteiger partial charge in [0.25, 0.3) is 5.91 Å². The van der Waals surface area contributed by atoms with Crippen molar-refractivity contribution in [2.24, 2.45) is 5.92 Å². The van der Waals surface area contributed by atoms with Gasteiger partial charge in [-0.3, -0.25) is 4.79 Å². The Morgan fingerprint density at radius 3 is 2.50 bits per heavy atom. The number of sulfonamides is 1. The summed E-state index contributed by atoms with van der Waals surface area (Å²) in [6.45, 7) is 5.24. The average Bonchev–Trinajstić information content (AvgIpc) is 3.04. The van der Waals surface area contributed by atoms with Crippen molar-refractivity contribution >= 4 is 15.9 Å². The van der Waals surface area contributed by atoms with Gasteiger partial charge in [-0.1, -0.05) is 6.08 Å². The minimum absolute atomic E-state index is 0.00490. The lowest BCUT2D eigenvalue weighted by molar-refractivity contribution is -0.423. The SMILES string of the molecule is C=CC1C[C@]1([NH3+])C(=O)NS(=O)(=O)C1(C)CC1. The molecule has 0 aromatic heterocycles. The largest absolute Gasteiger partial charge is 0.344 e. The van der Waals surface area contributed by atoms with Crippen LogP contribution in [0, 0.1) is 5.92 Å². The van der Waals surface area contributed by atoms with Crippen LogP contribution < -0.4 is 10.5 Å². The summed E-state index contributed by atoms with van der Waals surface area (Å²) >= 11 is 0. The first-order chi connectivity index (χ1) is 7.25. The third-order valence-electron chi connectivity index (χ3n) is 3.70. The van der Waals surface area contributed by atoms with E-state index in [1.54, 1.807) is 13.0 Å². The molecule has 1 amide bonds. The Balaban J connectivity index is 2.07.